The van der Waals surface area contributed by atoms with Crippen LogP contribution in [0.15, 0.2) is 0 Å². The minimum absolute atomic E-state index is 0.0595. The van der Waals surface area contributed by atoms with Crippen LogP contribution in [0.5, 0.6) is 0 Å². The van der Waals surface area contributed by atoms with Crippen molar-refractivity contribution in [2.75, 3.05) is 32.2 Å². The molecule has 0 amide bonds. The molecule has 0 bridgehead atoms. The highest BCUT2D eigenvalue weighted by molar-refractivity contribution is 7.84. The molecular weight excluding hydrogens is 408 g/mol. The summed E-state index contributed by atoms with van der Waals surface area (Å²) in [5, 5.41) is 8.98. The molecule has 0 aliphatic carbocycles. The molecular formula is C22H44O5S2. The van der Waals surface area contributed by atoms with Gasteiger partial charge in [-0.2, -0.15) is 25.3 Å². The monoisotopic (exact) mass is 452 g/mol. The Balaban J connectivity index is 4.26. The maximum Gasteiger partial charge on any atom is 0.329 e. The number of hydrogen-bond donors (Lipinski definition) is 3. The highest BCUT2D eigenvalue weighted by atomic mass is 32.1. The summed E-state index contributed by atoms with van der Waals surface area (Å²) in [4.78, 5) is 10.6. The number of carbonyl (C=O) groups is 1. The largest absolute Gasteiger partial charge is 0.480 e. The first-order valence-electron chi connectivity index (χ1n) is 10.4. The summed E-state index contributed by atoms with van der Waals surface area (Å²) >= 11 is 9.06. The fourth-order valence-electron chi connectivity index (χ4n) is 3.29. The second-order valence-corrected chi connectivity index (χ2v) is 11.6. The summed E-state index contributed by atoms with van der Waals surface area (Å²) in [7, 11) is 0. The zero-order valence-corrected chi connectivity index (χ0v) is 21.5. The first-order chi connectivity index (χ1) is 13.0. The lowest BCUT2D eigenvalue weighted by Gasteiger charge is -2.38. The summed E-state index contributed by atoms with van der Waals surface area (Å²) in [6.45, 7) is 18.3. The fraction of sp³-hybridized carbons (Fsp3) is 0.955. The molecule has 0 rings (SSSR count). The zero-order chi connectivity index (χ0) is 22.9. The molecule has 0 aromatic rings. The summed E-state index contributed by atoms with van der Waals surface area (Å²) in [5.41, 5.74) is -0.687. The second kappa shape index (κ2) is 12.2. The Hall–Kier alpha value is 0.0500. The van der Waals surface area contributed by atoms with Gasteiger partial charge in [0.05, 0.1) is 24.4 Å². The van der Waals surface area contributed by atoms with Crippen molar-refractivity contribution in [2.45, 2.75) is 91.1 Å². The molecule has 174 valence electrons. The fourth-order valence-corrected chi connectivity index (χ4v) is 3.88. The molecule has 0 fully saturated rings. The predicted molar refractivity (Wildman–Crippen MR) is 127 cm³/mol. The molecule has 0 spiro atoms. The van der Waals surface area contributed by atoms with Crippen molar-refractivity contribution in [3.63, 3.8) is 0 Å². The third kappa shape index (κ3) is 13.9. The van der Waals surface area contributed by atoms with Gasteiger partial charge in [0, 0.05) is 17.6 Å². The second-order valence-electron chi connectivity index (χ2n) is 10.6. The third-order valence-electron chi connectivity index (χ3n) is 5.13. The molecule has 1 unspecified atom stereocenters. The highest BCUT2D eigenvalue weighted by Gasteiger charge is 2.33. The van der Waals surface area contributed by atoms with Gasteiger partial charge in [0.25, 0.3) is 0 Å². The van der Waals surface area contributed by atoms with Crippen LogP contribution in [0.25, 0.3) is 0 Å². The van der Waals surface area contributed by atoms with E-state index in [1.165, 1.54) is 0 Å². The maximum absolute atomic E-state index is 10.6. The van der Waals surface area contributed by atoms with Crippen LogP contribution in [-0.4, -0.2) is 59.7 Å². The van der Waals surface area contributed by atoms with E-state index in [2.05, 4.69) is 53.0 Å². The number of carboxylic acids is 1. The Bertz CT molecular complexity index is 490. The van der Waals surface area contributed by atoms with E-state index in [0.717, 1.165) is 18.6 Å². The molecule has 0 heterocycles. The topological polar surface area (TPSA) is 65.0 Å². The SMILES string of the molecule is CC(C)(COCCC(C)(C)OCCC(C)(C)OCC(=O)O)CC(C)(C)C(S)CS. The average molecular weight is 453 g/mol. The van der Waals surface area contributed by atoms with Crippen molar-refractivity contribution in [1.82, 2.24) is 0 Å². The molecule has 29 heavy (non-hydrogen) atoms. The van der Waals surface area contributed by atoms with Gasteiger partial charge in [-0.05, 0) is 57.8 Å². The Kier molecular flexibility index (Phi) is 12.2. The smallest absolute Gasteiger partial charge is 0.329 e. The summed E-state index contributed by atoms with van der Waals surface area (Å²) in [6.07, 6.45) is 2.43. The summed E-state index contributed by atoms with van der Waals surface area (Å²) in [5.74, 6) is -0.199. The van der Waals surface area contributed by atoms with Crippen LogP contribution in [-0.2, 0) is 19.0 Å². The van der Waals surface area contributed by atoms with E-state index in [-0.39, 0.29) is 28.3 Å². The molecule has 1 N–H and O–H groups in total. The number of rotatable bonds is 16. The molecule has 0 saturated carbocycles. The van der Waals surface area contributed by atoms with Gasteiger partial charge in [-0.3, -0.25) is 0 Å². The molecule has 1 atom stereocenters. The van der Waals surface area contributed by atoms with Crippen molar-refractivity contribution in [3.05, 3.63) is 0 Å². The standard InChI is InChI=1S/C22H44O5S2/c1-19(2,15-20(3,4)17(29)14-28)16-25-11-9-21(5,6)26-12-10-22(7,8)27-13-18(23)24/h17,28-29H,9-16H2,1-8H3,(H,23,24). The van der Waals surface area contributed by atoms with Gasteiger partial charge in [-0.15, -0.1) is 0 Å². The number of aliphatic carboxylic acids is 1. The van der Waals surface area contributed by atoms with Gasteiger partial charge in [0.2, 0.25) is 0 Å². The normalized spacial score (nSPS) is 14.8. The molecule has 0 aliphatic rings. The lowest BCUT2D eigenvalue weighted by atomic mass is 9.74. The molecule has 0 saturated heterocycles. The Morgan fingerprint density at radius 3 is 1.97 bits per heavy atom. The van der Waals surface area contributed by atoms with E-state index in [9.17, 15) is 4.79 Å². The van der Waals surface area contributed by atoms with Gasteiger partial charge >= 0.3 is 5.97 Å². The summed E-state index contributed by atoms with van der Waals surface area (Å²) < 4.78 is 17.4. The van der Waals surface area contributed by atoms with Gasteiger partial charge < -0.3 is 19.3 Å². The molecule has 0 aromatic carbocycles. The van der Waals surface area contributed by atoms with Crippen LogP contribution >= 0.6 is 25.3 Å². The van der Waals surface area contributed by atoms with Crippen LogP contribution in [0, 0.1) is 10.8 Å². The first-order valence-corrected chi connectivity index (χ1v) is 11.5. The minimum atomic E-state index is -0.960. The lowest BCUT2D eigenvalue weighted by molar-refractivity contribution is -0.150. The quantitative estimate of drug-likeness (QED) is 0.224. The number of thiol groups is 2. The van der Waals surface area contributed by atoms with Crippen molar-refractivity contribution >= 4 is 31.2 Å². The lowest BCUT2D eigenvalue weighted by Crippen LogP contribution is -2.35. The predicted octanol–water partition coefficient (Wildman–Crippen LogP) is 5.13. The molecule has 0 aromatic heterocycles. The van der Waals surface area contributed by atoms with Gasteiger partial charge in [0.15, 0.2) is 0 Å². The van der Waals surface area contributed by atoms with Crippen molar-refractivity contribution < 1.29 is 24.1 Å². The highest BCUT2D eigenvalue weighted by Crippen LogP contribution is 2.39. The van der Waals surface area contributed by atoms with E-state index < -0.39 is 11.6 Å². The van der Waals surface area contributed by atoms with Crippen LogP contribution in [0.4, 0.5) is 0 Å². The van der Waals surface area contributed by atoms with Crippen LogP contribution < -0.4 is 0 Å². The zero-order valence-electron chi connectivity index (χ0n) is 19.7. The van der Waals surface area contributed by atoms with Gasteiger partial charge in [-0.1, -0.05) is 27.7 Å². The van der Waals surface area contributed by atoms with Crippen molar-refractivity contribution in [2.24, 2.45) is 10.8 Å². The Morgan fingerprint density at radius 2 is 1.45 bits per heavy atom. The molecule has 7 heteroatoms. The van der Waals surface area contributed by atoms with Crippen molar-refractivity contribution in [1.29, 1.82) is 0 Å². The van der Waals surface area contributed by atoms with E-state index in [1.54, 1.807) is 0 Å². The first kappa shape index (κ1) is 29.1. The van der Waals surface area contributed by atoms with Crippen LogP contribution in [0.3, 0.4) is 0 Å². The molecule has 0 radical (unpaired) electrons. The third-order valence-corrected chi connectivity index (χ3v) is 6.67. The average Bonchev–Trinajstić information content (AvgIpc) is 2.55. The van der Waals surface area contributed by atoms with E-state index in [1.807, 2.05) is 27.7 Å². The number of carboxylic acid groups (broad SMARTS) is 1. The van der Waals surface area contributed by atoms with E-state index >= 15 is 0 Å². The van der Waals surface area contributed by atoms with Crippen molar-refractivity contribution in [3.8, 4) is 0 Å². The molecule has 0 aliphatic heterocycles. The number of hydrogen-bond acceptors (Lipinski definition) is 6. The van der Waals surface area contributed by atoms with Gasteiger partial charge in [0.1, 0.15) is 6.61 Å². The van der Waals surface area contributed by atoms with Crippen LogP contribution in [0.1, 0.15) is 74.7 Å². The summed E-state index contributed by atoms with van der Waals surface area (Å²) in [6, 6.07) is 0. The number of ether oxygens (including phenoxy) is 3. The van der Waals surface area contributed by atoms with Crippen LogP contribution in [0.2, 0.25) is 0 Å². The molecule has 5 nitrogen and oxygen atoms in total. The minimum Gasteiger partial charge on any atom is -0.480 e. The van der Waals surface area contributed by atoms with Gasteiger partial charge in [-0.25, -0.2) is 4.79 Å². The Labute approximate surface area is 189 Å². The maximum atomic E-state index is 10.6. The van der Waals surface area contributed by atoms with E-state index in [0.29, 0.717) is 26.2 Å². The Morgan fingerprint density at radius 1 is 0.931 bits per heavy atom. The van der Waals surface area contributed by atoms with E-state index in [4.69, 9.17) is 19.3 Å².